The number of likely N-dealkylation sites (tertiary alicyclic amines) is 2. The maximum Gasteiger partial charge on any atom is 0.254 e. The highest BCUT2D eigenvalue weighted by Gasteiger charge is 2.32. The zero-order valence-electron chi connectivity index (χ0n) is 28.9. The summed E-state index contributed by atoms with van der Waals surface area (Å²) in [7, 11) is 0. The van der Waals surface area contributed by atoms with Gasteiger partial charge in [-0.15, -0.1) is 5.10 Å². The van der Waals surface area contributed by atoms with Crippen molar-refractivity contribution in [2.75, 3.05) is 36.8 Å². The van der Waals surface area contributed by atoms with Gasteiger partial charge in [-0.3, -0.25) is 14.7 Å². The lowest BCUT2D eigenvalue weighted by Gasteiger charge is -2.40. The minimum atomic E-state index is -1.01. The SMILES string of the molecule is CC(C)(C)N1CCC(n2cc([C@@H](Nc3cc(Cl)c4ncc(C#N)c(Nc5ccc(F)c(Cl)c5)c4c3)c3cccc(C(=O)N4CC(F)C4)c3)nn2)CC1. The Morgan fingerprint density at radius 2 is 1.79 bits per heavy atom. The normalized spacial score (nSPS) is 16.4. The van der Waals surface area contributed by atoms with Gasteiger partial charge >= 0.3 is 0 Å². The van der Waals surface area contributed by atoms with Gasteiger partial charge in [0.05, 0.1) is 58.2 Å². The molecule has 0 spiro atoms. The van der Waals surface area contributed by atoms with E-state index in [0.29, 0.717) is 44.2 Å². The minimum Gasteiger partial charge on any atom is -0.373 e. The molecule has 2 aliphatic rings. The summed E-state index contributed by atoms with van der Waals surface area (Å²) in [6.45, 7) is 8.70. The lowest BCUT2D eigenvalue weighted by Crippen LogP contribution is -2.51. The molecule has 2 saturated heterocycles. The number of rotatable bonds is 8. The van der Waals surface area contributed by atoms with Crippen LogP contribution >= 0.6 is 23.2 Å². The number of amides is 1. The van der Waals surface area contributed by atoms with Crippen molar-refractivity contribution in [3.05, 3.63) is 105 Å². The van der Waals surface area contributed by atoms with Crippen LogP contribution in [-0.4, -0.2) is 73.6 Å². The van der Waals surface area contributed by atoms with Crippen molar-refractivity contribution >= 4 is 57.1 Å². The quantitative estimate of drug-likeness (QED) is 0.163. The molecule has 4 heterocycles. The molecular formula is C38H37Cl2F2N9O. The summed E-state index contributed by atoms with van der Waals surface area (Å²) in [4.78, 5) is 21.7. The third-order valence-corrected chi connectivity index (χ3v) is 10.3. The fourth-order valence-corrected chi connectivity index (χ4v) is 7.25. The highest BCUT2D eigenvalue weighted by atomic mass is 35.5. The molecule has 268 valence electrons. The predicted molar refractivity (Wildman–Crippen MR) is 198 cm³/mol. The fraction of sp³-hybridized carbons (Fsp3) is 0.342. The average molecular weight is 745 g/mol. The summed E-state index contributed by atoms with van der Waals surface area (Å²) in [6.07, 6.45) is 4.21. The highest BCUT2D eigenvalue weighted by molar-refractivity contribution is 6.36. The van der Waals surface area contributed by atoms with Gasteiger partial charge in [-0.1, -0.05) is 40.5 Å². The molecule has 10 nitrogen and oxygen atoms in total. The summed E-state index contributed by atoms with van der Waals surface area (Å²) in [5.74, 6) is -0.813. The molecule has 52 heavy (non-hydrogen) atoms. The number of carbonyl (C=O) groups excluding carboxylic acids is 1. The Kier molecular flexibility index (Phi) is 9.78. The van der Waals surface area contributed by atoms with Gasteiger partial charge in [0.2, 0.25) is 0 Å². The van der Waals surface area contributed by atoms with E-state index in [0.717, 1.165) is 31.5 Å². The van der Waals surface area contributed by atoms with E-state index in [4.69, 9.17) is 23.2 Å². The second-order valence-corrected chi connectivity index (χ2v) is 15.1. The molecule has 0 aliphatic carbocycles. The topological polar surface area (TPSA) is 115 Å². The van der Waals surface area contributed by atoms with Crippen LogP contribution in [-0.2, 0) is 0 Å². The van der Waals surface area contributed by atoms with E-state index in [1.165, 1.54) is 29.3 Å². The average Bonchev–Trinajstić information content (AvgIpc) is 3.61. The molecule has 0 radical (unpaired) electrons. The van der Waals surface area contributed by atoms with E-state index >= 15 is 0 Å². The standard InChI is InChI=1S/C38H37Cl2F2N9O/c1-38(2,3)50-11-9-28(10-12-50)51-21-33(47-48-51)35(22-5-4-6-23(13-22)37(52)49-19-25(41)20-49)46-27-14-29-34(45-26-7-8-32(42)30(39)15-26)24(17-43)18-44-36(29)31(40)16-27/h4-8,13-16,18,21,25,28,35,46H,9-12,19-20H2,1-3H3,(H,44,45)/t35-/m0/s1. The second-order valence-electron chi connectivity index (χ2n) is 14.3. The van der Waals surface area contributed by atoms with Crippen LogP contribution in [0, 0.1) is 17.1 Å². The zero-order valence-corrected chi connectivity index (χ0v) is 30.4. The summed E-state index contributed by atoms with van der Waals surface area (Å²) in [5, 5.41) is 26.8. The number of hydrogen-bond acceptors (Lipinski definition) is 8. The molecule has 3 aromatic carbocycles. The Morgan fingerprint density at radius 3 is 2.48 bits per heavy atom. The van der Waals surface area contributed by atoms with Crippen LogP contribution in [0.5, 0.6) is 0 Å². The molecule has 2 aliphatic heterocycles. The third kappa shape index (κ3) is 7.26. The van der Waals surface area contributed by atoms with Gasteiger partial charge < -0.3 is 15.5 Å². The Labute approximate surface area is 310 Å². The first-order valence-corrected chi connectivity index (χ1v) is 17.8. The maximum absolute atomic E-state index is 14.0. The van der Waals surface area contributed by atoms with Gasteiger partial charge in [0.15, 0.2) is 0 Å². The highest BCUT2D eigenvalue weighted by Crippen LogP contribution is 2.38. The number of carbonyl (C=O) groups is 1. The van der Waals surface area contributed by atoms with E-state index in [-0.39, 0.29) is 41.2 Å². The molecule has 14 heteroatoms. The lowest BCUT2D eigenvalue weighted by molar-refractivity contribution is 0.0400. The maximum atomic E-state index is 14.0. The molecule has 0 saturated carbocycles. The summed E-state index contributed by atoms with van der Waals surface area (Å²) in [6, 6.07) is 16.7. The van der Waals surface area contributed by atoms with Gasteiger partial charge in [-0.2, -0.15) is 5.26 Å². The number of fused-ring (bicyclic) bond motifs is 1. The Morgan fingerprint density at radius 1 is 1.04 bits per heavy atom. The predicted octanol–water partition coefficient (Wildman–Crippen LogP) is 8.32. The van der Waals surface area contributed by atoms with Crippen molar-refractivity contribution in [3.63, 3.8) is 0 Å². The zero-order chi connectivity index (χ0) is 36.7. The van der Waals surface area contributed by atoms with Crippen LogP contribution in [0.4, 0.5) is 25.8 Å². The van der Waals surface area contributed by atoms with Gasteiger partial charge in [0.25, 0.3) is 5.91 Å². The number of pyridine rings is 1. The molecule has 2 fully saturated rings. The second kappa shape index (κ2) is 14.3. The Hall–Kier alpha value is -4.83. The number of piperidine rings is 1. The van der Waals surface area contributed by atoms with E-state index in [1.807, 2.05) is 23.0 Å². The monoisotopic (exact) mass is 743 g/mol. The molecule has 1 amide bonds. The summed E-state index contributed by atoms with van der Waals surface area (Å²) >= 11 is 12.9. The van der Waals surface area contributed by atoms with Crippen LogP contribution in [0.25, 0.3) is 10.9 Å². The van der Waals surface area contributed by atoms with E-state index < -0.39 is 18.0 Å². The first-order chi connectivity index (χ1) is 24.9. The smallest absolute Gasteiger partial charge is 0.254 e. The number of alkyl halides is 1. The van der Waals surface area contributed by atoms with Gasteiger partial charge in [0, 0.05) is 47.1 Å². The first kappa shape index (κ1) is 35.6. The molecule has 5 aromatic rings. The Balaban J connectivity index is 1.26. The van der Waals surface area contributed by atoms with Gasteiger partial charge in [-0.05, 0) is 81.6 Å². The van der Waals surface area contributed by atoms with E-state index in [9.17, 15) is 18.8 Å². The lowest BCUT2D eigenvalue weighted by atomic mass is 9.98. The number of aromatic nitrogens is 4. The Bertz CT molecular complexity index is 2180. The molecule has 2 aromatic heterocycles. The third-order valence-electron chi connectivity index (χ3n) is 9.75. The van der Waals surface area contributed by atoms with Crippen LogP contribution in [0.3, 0.4) is 0 Å². The van der Waals surface area contributed by atoms with Gasteiger partial charge in [0.1, 0.15) is 23.8 Å². The van der Waals surface area contributed by atoms with Crippen LogP contribution in [0.1, 0.15) is 72.9 Å². The van der Waals surface area contributed by atoms with Crippen molar-refractivity contribution in [3.8, 4) is 6.07 Å². The molecular weight excluding hydrogens is 707 g/mol. The van der Waals surface area contributed by atoms with Crippen molar-refractivity contribution in [2.45, 2.75) is 57.4 Å². The van der Waals surface area contributed by atoms with Crippen molar-refractivity contribution in [1.29, 1.82) is 5.26 Å². The molecule has 2 N–H and O–H groups in total. The molecule has 1 atom stereocenters. The number of hydrogen-bond donors (Lipinski definition) is 2. The first-order valence-electron chi connectivity index (χ1n) is 17.1. The number of nitrogens with zero attached hydrogens (tertiary/aromatic N) is 7. The number of benzene rings is 3. The van der Waals surface area contributed by atoms with Crippen molar-refractivity contribution < 1.29 is 13.6 Å². The van der Waals surface area contributed by atoms with Crippen molar-refractivity contribution in [1.82, 2.24) is 29.8 Å². The minimum absolute atomic E-state index is 0.0713. The van der Waals surface area contributed by atoms with Crippen LogP contribution in [0.2, 0.25) is 10.0 Å². The number of anilines is 3. The van der Waals surface area contributed by atoms with Crippen LogP contribution in [0.15, 0.2) is 67.0 Å². The number of halogens is 4. The summed E-state index contributed by atoms with van der Waals surface area (Å²) < 4.78 is 29.5. The van der Waals surface area contributed by atoms with E-state index in [1.54, 1.807) is 24.3 Å². The molecule has 7 rings (SSSR count). The number of nitrogens with one attached hydrogen (secondary N) is 2. The van der Waals surface area contributed by atoms with E-state index in [2.05, 4.69) is 57.7 Å². The van der Waals surface area contributed by atoms with Gasteiger partial charge in [-0.25, -0.2) is 13.5 Å². The molecule has 0 bridgehead atoms. The van der Waals surface area contributed by atoms with Crippen molar-refractivity contribution in [2.24, 2.45) is 0 Å². The fourth-order valence-electron chi connectivity index (χ4n) is 6.80. The largest absolute Gasteiger partial charge is 0.373 e. The van der Waals surface area contributed by atoms with Crippen LogP contribution < -0.4 is 10.6 Å². The number of nitriles is 1. The summed E-state index contributed by atoms with van der Waals surface area (Å²) in [5.41, 5.74) is 4.02. The molecule has 0 unspecified atom stereocenters.